The highest BCUT2D eigenvalue weighted by Gasteiger charge is 2.00. The highest BCUT2D eigenvalue weighted by atomic mass is 79.9. The van der Waals surface area contributed by atoms with Gasteiger partial charge in [0.25, 0.3) is 0 Å². The molecular formula is C14H14BrClN2. The lowest BCUT2D eigenvalue weighted by Crippen LogP contribution is -2.17. The number of nitrogens with one attached hydrogen (secondary N) is 1. The molecule has 0 aliphatic rings. The van der Waals surface area contributed by atoms with Gasteiger partial charge in [0.15, 0.2) is 0 Å². The molecule has 0 bridgehead atoms. The molecule has 0 unspecified atom stereocenters. The maximum atomic E-state index is 6.12. The summed E-state index contributed by atoms with van der Waals surface area (Å²) in [7, 11) is 0. The van der Waals surface area contributed by atoms with Crippen molar-refractivity contribution in [2.24, 2.45) is 0 Å². The van der Waals surface area contributed by atoms with Crippen LogP contribution in [-0.4, -0.2) is 11.5 Å². The van der Waals surface area contributed by atoms with Crippen LogP contribution in [0, 0.1) is 0 Å². The predicted octanol–water partition coefficient (Wildman–Crippen LogP) is 3.83. The minimum Gasteiger partial charge on any atom is -0.312 e. The van der Waals surface area contributed by atoms with Gasteiger partial charge in [-0.2, -0.15) is 0 Å². The van der Waals surface area contributed by atoms with Gasteiger partial charge in [0.1, 0.15) is 0 Å². The van der Waals surface area contributed by atoms with Crippen LogP contribution in [0.2, 0.25) is 5.02 Å². The van der Waals surface area contributed by atoms with E-state index >= 15 is 0 Å². The third-order valence-electron chi connectivity index (χ3n) is 2.61. The van der Waals surface area contributed by atoms with E-state index in [1.807, 2.05) is 42.6 Å². The number of nitrogens with zero attached hydrogens (tertiary/aromatic N) is 1. The molecule has 4 heteroatoms. The smallest absolute Gasteiger partial charge is 0.0451 e. The summed E-state index contributed by atoms with van der Waals surface area (Å²) in [6.45, 7) is 1.66. The van der Waals surface area contributed by atoms with Gasteiger partial charge in [0, 0.05) is 40.9 Å². The lowest BCUT2D eigenvalue weighted by atomic mass is 10.2. The van der Waals surface area contributed by atoms with Crippen molar-refractivity contribution in [2.45, 2.75) is 13.0 Å². The summed E-state index contributed by atoms with van der Waals surface area (Å²) in [4.78, 5) is 4.28. The van der Waals surface area contributed by atoms with Crippen molar-refractivity contribution < 1.29 is 0 Å². The monoisotopic (exact) mass is 324 g/mol. The molecule has 0 radical (unpaired) electrons. The van der Waals surface area contributed by atoms with E-state index in [4.69, 9.17) is 11.6 Å². The maximum Gasteiger partial charge on any atom is 0.0451 e. The molecule has 2 nitrogen and oxygen atoms in total. The standard InChI is InChI=1S/C14H14BrClN2/c15-12-4-5-14(16)11(9-12)10-17-8-6-13-3-1-2-7-18-13/h1-5,7,9,17H,6,8,10H2. The van der Waals surface area contributed by atoms with E-state index in [1.165, 1.54) is 0 Å². The summed E-state index contributed by atoms with van der Waals surface area (Å²) in [5.41, 5.74) is 2.21. The second-order valence-corrected chi connectivity index (χ2v) is 5.31. The molecule has 0 aliphatic heterocycles. The molecule has 0 fully saturated rings. The molecule has 1 heterocycles. The first-order valence-electron chi connectivity index (χ1n) is 5.80. The Kier molecular flexibility index (Phi) is 5.17. The average molecular weight is 326 g/mol. The fourth-order valence-electron chi connectivity index (χ4n) is 1.66. The molecule has 1 N–H and O–H groups in total. The SMILES string of the molecule is Clc1ccc(Br)cc1CNCCc1ccccn1. The Hall–Kier alpha value is -0.900. The number of rotatable bonds is 5. The van der Waals surface area contributed by atoms with E-state index in [0.717, 1.165) is 40.3 Å². The molecule has 0 spiro atoms. The zero-order chi connectivity index (χ0) is 12.8. The topological polar surface area (TPSA) is 24.9 Å². The molecule has 2 aromatic rings. The Morgan fingerprint density at radius 3 is 2.89 bits per heavy atom. The first kappa shape index (κ1) is 13.5. The summed E-state index contributed by atoms with van der Waals surface area (Å²) in [5, 5.41) is 4.17. The molecule has 1 aromatic carbocycles. The molecule has 0 aliphatic carbocycles. The summed E-state index contributed by atoms with van der Waals surface area (Å²) >= 11 is 9.56. The minimum absolute atomic E-state index is 0.769. The van der Waals surface area contributed by atoms with Gasteiger partial charge < -0.3 is 5.32 Å². The number of benzene rings is 1. The van der Waals surface area contributed by atoms with Gasteiger partial charge in [0.2, 0.25) is 0 Å². The van der Waals surface area contributed by atoms with Crippen molar-refractivity contribution in [1.29, 1.82) is 0 Å². The van der Waals surface area contributed by atoms with E-state index < -0.39 is 0 Å². The number of hydrogen-bond acceptors (Lipinski definition) is 2. The van der Waals surface area contributed by atoms with Crippen molar-refractivity contribution in [3.8, 4) is 0 Å². The molecule has 0 saturated heterocycles. The van der Waals surface area contributed by atoms with E-state index in [1.54, 1.807) is 0 Å². The highest BCUT2D eigenvalue weighted by Crippen LogP contribution is 2.20. The van der Waals surface area contributed by atoms with Gasteiger partial charge in [-0.05, 0) is 35.9 Å². The van der Waals surface area contributed by atoms with Gasteiger partial charge in [0.05, 0.1) is 0 Å². The third kappa shape index (κ3) is 4.09. The number of aromatic nitrogens is 1. The minimum atomic E-state index is 0.769. The van der Waals surface area contributed by atoms with Gasteiger partial charge in [-0.15, -0.1) is 0 Å². The van der Waals surface area contributed by atoms with E-state index in [-0.39, 0.29) is 0 Å². The molecule has 1 aromatic heterocycles. The number of halogens is 2. The largest absolute Gasteiger partial charge is 0.312 e. The fraction of sp³-hybridized carbons (Fsp3) is 0.214. The maximum absolute atomic E-state index is 6.12. The van der Waals surface area contributed by atoms with Crippen molar-refractivity contribution in [1.82, 2.24) is 10.3 Å². The highest BCUT2D eigenvalue weighted by molar-refractivity contribution is 9.10. The van der Waals surface area contributed by atoms with Crippen LogP contribution >= 0.6 is 27.5 Å². The average Bonchev–Trinajstić information content (AvgIpc) is 2.40. The second-order valence-electron chi connectivity index (χ2n) is 3.98. The van der Waals surface area contributed by atoms with E-state index in [9.17, 15) is 0 Å². The quantitative estimate of drug-likeness (QED) is 0.845. The Balaban J connectivity index is 1.80. The lowest BCUT2D eigenvalue weighted by molar-refractivity contribution is 0.680. The van der Waals surface area contributed by atoms with Gasteiger partial charge >= 0.3 is 0 Å². The molecule has 0 atom stereocenters. The molecular weight excluding hydrogens is 312 g/mol. The molecule has 0 saturated carbocycles. The lowest BCUT2D eigenvalue weighted by Gasteiger charge is -2.07. The first-order valence-corrected chi connectivity index (χ1v) is 6.97. The zero-order valence-corrected chi connectivity index (χ0v) is 12.2. The van der Waals surface area contributed by atoms with Crippen LogP contribution in [0.3, 0.4) is 0 Å². The molecule has 0 amide bonds. The summed E-state index contributed by atoms with van der Waals surface area (Å²) in [6, 6.07) is 11.9. The van der Waals surface area contributed by atoms with Crippen LogP contribution in [-0.2, 0) is 13.0 Å². The van der Waals surface area contributed by atoms with Crippen molar-refractivity contribution in [3.63, 3.8) is 0 Å². The van der Waals surface area contributed by atoms with E-state index in [2.05, 4.69) is 26.2 Å². The number of pyridine rings is 1. The van der Waals surface area contributed by atoms with Crippen LogP contribution in [0.4, 0.5) is 0 Å². The predicted molar refractivity (Wildman–Crippen MR) is 78.8 cm³/mol. The van der Waals surface area contributed by atoms with E-state index in [0.29, 0.717) is 0 Å². The van der Waals surface area contributed by atoms with Crippen LogP contribution in [0.25, 0.3) is 0 Å². The van der Waals surface area contributed by atoms with Crippen LogP contribution < -0.4 is 5.32 Å². The van der Waals surface area contributed by atoms with Gasteiger partial charge in [-0.3, -0.25) is 4.98 Å². The molecule has 18 heavy (non-hydrogen) atoms. The molecule has 94 valence electrons. The Morgan fingerprint density at radius 2 is 2.11 bits per heavy atom. The normalized spacial score (nSPS) is 10.6. The van der Waals surface area contributed by atoms with Crippen LogP contribution in [0.5, 0.6) is 0 Å². The van der Waals surface area contributed by atoms with Crippen LogP contribution in [0.15, 0.2) is 47.1 Å². The Labute approximate surface area is 121 Å². The zero-order valence-electron chi connectivity index (χ0n) is 9.87. The van der Waals surface area contributed by atoms with Crippen LogP contribution in [0.1, 0.15) is 11.3 Å². The van der Waals surface area contributed by atoms with Gasteiger partial charge in [-0.25, -0.2) is 0 Å². The first-order chi connectivity index (χ1) is 8.75. The fourth-order valence-corrected chi connectivity index (χ4v) is 2.26. The van der Waals surface area contributed by atoms with Gasteiger partial charge in [-0.1, -0.05) is 33.6 Å². The Bertz CT molecular complexity index is 502. The molecule has 2 rings (SSSR count). The summed E-state index contributed by atoms with van der Waals surface area (Å²) in [6.07, 6.45) is 2.74. The van der Waals surface area contributed by atoms with Crippen molar-refractivity contribution in [3.05, 3.63) is 63.3 Å². The van der Waals surface area contributed by atoms with Crippen molar-refractivity contribution >= 4 is 27.5 Å². The second kappa shape index (κ2) is 6.88. The summed E-state index contributed by atoms with van der Waals surface area (Å²) < 4.78 is 1.05. The number of hydrogen-bond donors (Lipinski definition) is 1. The summed E-state index contributed by atoms with van der Waals surface area (Å²) in [5.74, 6) is 0. The Morgan fingerprint density at radius 1 is 1.22 bits per heavy atom. The van der Waals surface area contributed by atoms with Crippen molar-refractivity contribution in [2.75, 3.05) is 6.54 Å². The third-order valence-corrected chi connectivity index (χ3v) is 3.47.